The fourth-order valence-corrected chi connectivity index (χ4v) is 4.72. The monoisotopic (exact) mass is 678 g/mol. The summed E-state index contributed by atoms with van der Waals surface area (Å²) in [6.45, 7) is 3.15. The molecule has 2 heterocycles. The zero-order valence-corrected chi connectivity index (χ0v) is 31.2. The Morgan fingerprint density at radius 3 is 1.93 bits per heavy atom. The van der Waals surface area contributed by atoms with Crippen LogP contribution in [0.4, 0.5) is 5.69 Å². The molecule has 1 aromatic heterocycles. The van der Waals surface area contributed by atoms with E-state index in [0.29, 0.717) is 5.69 Å². The van der Waals surface area contributed by atoms with Gasteiger partial charge in [0.1, 0.15) is 20.2 Å². The van der Waals surface area contributed by atoms with Gasteiger partial charge in [0.25, 0.3) is 11.5 Å². The van der Waals surface area contributed by atoms with Crippen LogP contribution in [-0.2, 0) is 34.6 Å². The maximum atomic E-state index is 13.2. The van der Waals surface area contributed by atoms with Crippen molar-refractivity contribution in [2.24, 2.45) is 5.10 Å². The molecule has 0 atom stereocenters. The Bertz CT molecular complexity index is 1910. The normalized spacial score (nSPS) is 14.4. The third kappa shape index (κ3) is 8.67. The molecule has 18 heteroatoms. The number of amides is 1. The number of hydrogen-bond donors (Lipinski definition) is 1. The van der Waals surface area contributed by atoms with Gasteiger partial charge in [0.05, 0.1) is 38.9 Å². The van der Waals surface area contributed by atoms with Crippen LogP contribution in [0.3, 0.4) is 0 Å². The maximum Gasteiger partial charge on any atom is 1.00 e. The van der Waals surface area contributed by atoms with Crippen LogP contribution in [0.25, 0.3) is 11.8 Å². The van der Waals surface area contributed by atoms with Gasteiger partial charge in [0.15, 0.2) is 5.71 Å². The quantitative estimate of drug-likeness (QED) is 0.104. The third-order valence-electron chi connectivity index (χ3n) is 5.74. The van der Waals surface area contributed by atoms with E-state index >= 15 is 0 Å². The number of allylic oxidation sites excluding steroid dienone is 2. The van der Waals surface area contributed by atoms with Crippen LogP contribution in [0, 0.1) is 6.92 Å². The van der Waals surface area contributed by atoms with Gasteiger partial charge in [-0.3, -0.25) is 14.7 Å². The van der Waals surface area contributed by atoms with Crippen LogP contribution in [0.15, 0.2) is 85.9 Å². The molecule has 0 fully saturated rings. The molecule has 0 saturated carbocycles. The van der Waals surface area contributed by atoms with Crippen molar-refractivity contribution in [1.29, 1.82) is 0 Å². The summed E-state index contributed by atoms with van der Waals surface area (Å²) in [7, 11) is -9.38. The van der Waals surface area contributed by atoms with Crippen LogP contribution in [-0.4, -0.2) is 59.9 Å². The third-order valence-corrected chi connectivity index (χ3v) is 7.44. The summed E-state index contributed by atoms with van der Waals surface area (Å²) >= 11 is 0. The summed E-state index contributed by atoms with van der Waals surface area (Å²) in [6.07, 6.45) is 3.97. The van der Waals surface area contributed by atoms with E-state index in [1.54, 1.807) is 13.8 Å². The fourth-order valence-electron chi connectivity index (χ4n) is 3.78. The van der Waals surface area contributed by atoms with E-state index in [0.717, 1.165) is 34.0 Å². The second-order valence-corrected chi connectivity index (χ2v) is 11.2. The van der Waals surface area contributed by atoms with Crippen molar-refractivity contribution in [3.63, 3.8) is 0 Å². The first kappa shape index (κ1) is 37.8. The second kappa shape index (κ2) is 15.3. The van der Waals surface area contributed by atoms with Crippen LogP contribution in [0.5, 0.6) is 0 Å². The summed E-state index contributed by atoms with van der Waals surface area (Å²) in [5, 5.41) is 7.69. The molecule has 43 heavy (non-hydrogen) atoms. The van der Waals surface area contributed by atoms with Crippen molar-refractivity contribution < 1.29 is 143 Å². The van der Waals surface area contributed by atoms with E-state index in [-0.39, 0.29) is 138 Å². The summed E-state index contributed by atoms with van der Waals surface area (Å²) < 4.78 is 73.2. The summed E-state index contributed by atoms with van der Waals surface area (Å²) in [5.74, 6) is -1.66. The Morgan fingerprint density at radius 2 is 1.44 bits per heavy atom. The second-order valence-electron chi connectivity index (χ2n) is 8.41. The molecule has 214 valence electrons. The van der Waals surface area contributed by atoms with Crippen molar-refractivity contribution in [3.8, 4) is 5.69 Å². The number of benzene rings is 2. The van der Waals surface area contributed by atoms with Gasteiger partial charge in [-0.2, -0.15) is 10.1 Å². The van der Waals surface area contributed by atoms with E-state index in [1.807, 2.05) is 0 Å². The summed E-state index contributed by atoms with van der Waals surface area (Å²) in [6, 6.07) is 9.06. The van der Waals surface area contributed by atoms with Crippen molar-refractivity contribution in [2.45, 2.75) is 23.6 Å². The van der Waals surface area contributed by atoms with Gasteiger partial charge in [-0.15, -0.1) is 0 Å². The van der Waals surface area contributed by atoms with E-state index in [4.69, 9.17) is 4.74 Å². The molecule has 0 spiro atoms. The number of ether oxygens (including phenoxy) is 1. The SMILES string of the molecule is CCOC(=O)C1=NN(c2ccc(S(=O)(=O)[O-])cc2)C(=O)/C1=C/C=C/c1c(C)[nH]n(-c2ccc(S(=O)(=O)[O-])cc2)c1=O.[K+].[K+]. The van der Waals surface area contributed by atoms with Gasteiger partial charge in [0.2, 0.25) is 0 Å². The number of rotatable bonds is 8. The minimum Gasteiger partial charge on any atom is -0.744 e. The number of carbonyl (C=O) groups excluding carboxylic acids is 2. The van der Waals surface area contributed by atoms with Crippen molar-refractivity contribution in [1.82, 2.24) is 9.78 Å². The van der Waals surface area contributed by atoms with Gasteiger partial charge in [0, 0.05) is 5.69 Å². The number of esters is 1. The number of aryl methyl sites for hydroxylation is 1. The van der Waals surface area contributed by atoms with Crippen molar-refractivity contribution in [2.75, 3.05) is 11.6 Å². The zero-order chi connectivity index (χ0) is 30.1. The number of hydrazone groups is 1. The number of aromatic amines is 1. The van der Waals surface area contributed by atoms with Gasteiger partial charge in [-0.05, 0) is 74.5 Å². The first-order chi connectivity index (χ1) is 19.2. The minimum atomic E-state index is -4.72. The molecule has 0 unspecified atom stereocenters. The molecule has 2 aromatic carbocycles. The van der Waals surface area contributed by atoms with Crippen LogP contribution >= 0.6 is 0 Å². The summed E-state index contributed by atoms with van der Waals surface area (Å²) in [4.78, 5) is 37.7. The zero-order valence-electron chi connectivity index (χ0n) is 23.3. The molecule has 0 aliphatic carbocycles. The van der Waals surface area contributed by atoms with Gasteiger partial charge in [-0.25, -0.2) is 26.3 Å². The first-order valence-electron chi connectivity index (χ1n) is 11.6. The largest absolute Gasteiger partial charge is 1.00 e. The van der Waals surface area contributed by atoms with E-state index < -0.39 is 47.5 Å². The number of nitrogens with one attached hydrogen (secondary N) is 1. The van der Waals surface area contributed by atoms with Gasteiger partial charge in [-0.1, -0.05) is 6.08 Å². The summed E-state index contributed by atoms with van der Waals surface area (Å²) in [5.41, 5.74) is -0.107. The first-order valence-corrected chi connectivity index (χ1v) is 14.5. The molecular weight excluding hydrogens is 659 g/mol. The molecule has 1 N–H and O–H groups in total. The van der Waals surface area contributed by atoms with Crippen LogP contribution in [0.1, 0.15) is 18.2 Å². The number of hydrogen-bond acceptors (Lipinski definition) is 11. The maximum absolute atomic E-state index is 13.2. The molecule has 0 bridgehead atoms. The number of carbonyl (C=O) groups is 2. The molecule has 3 aromatic rings. The Morgan fingerprint density at radius 1 is 0.930 bits per heavy atom. The fraction of sp³-hybridized carbons (Fsp3) is 0.120. The molecule has 1 aliphatic rings. The Hall–Kier alpha value is -1.37. The average molecular weight is 679 g/mol. The topological polar surface area (TPSA) is 211 Å². The van der Waals surface area contributed by atoms with E-state index in [9.17, 15) is 40.3 Å². The number of nitrogens with zero attached hydrogens (tertiary/aromatic N) is 3. The van der Waals surface area contributed by atoms with Crippen molar-refractivity contribution in [3.05, 3.63) is 87.9 Å². The smallest absolute Gasteiger partial charge is 0.744 e. The van der Waals surface area contributed by atoms with Gasteiger partial charge < -0.3 is 13.8 Å². The van der Waals surface area contributed by atoms with E-state index in [1.165, 1.54) is 42.5 Å². The Kier molecular flexibility index (Phi) is 13.4. The molecule has 0 radical (unpaired) electrons. The Labute approximate surface area is 331 Å². The molecule has 1 amide bonds. The molecule has 14 nitrogen and oxygen atoms in total. The van der Waals surface area contributed by atoms with Crippen LogP contribution < -0.4 is 113 Å². The predicted molar refractivity (Wildman–Crippen MR) is 142 cm³/mol. The number of H-pyrrole nitrogens is 1. The molecule has 0 saturated heterocycles. The number of anilines is 1. The molecular formula is C25H20K2N4O10S2. The molecule has 1 aliphatic heterocycles. The van der Waals surface area contributed by atoms with Crippen molar-refractivity contribution >= 4 is 49.6 Å². The Balaban J connectivity index is 0.00000323. The number of aromatic nitrogens is 2. The standard InChI is InChI=1S/C25H22N4O10S2.2K/c1-3-39-25(32)22-21(24(31)29(27-22)17-9-13-19(14-10-17)41(36,37)38)6-4-5-20-15(2)26-28(23(20)30)16-7-11-18(12-8-16)40(33,34)35;;/h4-14,26H,3H2,1-2H3,(H,33,34,35)(H,36,37,38);;/q;2*+1/p-2/b5-4+,21-6+;;. The minimum absolute atomic E-state index is 0. The predicted octanol–water partition coefficient (Wildman–Crippen LogP) is -4.80. The molecule has 4 rings (SSSR count). The van der Waals surface area contributed by atoms with Crippen LogP contribution in [0.2, 0.25) is 0 Å². The van der Waals surface area contributed by atoms with E-state index in [2.05, 4.69) is 10.2 Å². The van der Waals surface area contributed by atoms with Gasteiger partial charge >= 0.3 is 109 Å². The average Bonchev–Trinajstić information content (AvgIpc) is 3.39.